The summed E-state index contributed by atoms with van der Waals surface area (Å²) in [7, 11) is 0. The van der Waals surface area contributed by atoms with Crippen molar-refractivity contribution in [3.8, 4) is 11.1 Å². The average molecular weight is 483 g/mol. The fourth-order valence-corrected chi connectivity index (χ4v) is 4.57. The molecular formula is C26H30N2O5S. The van der Waals surface area contributed by atoms with Crippen LogP contribution in [0.1, 0.15) is 36.3 Å². The van der Waals surface area contributed by atoms with Crippen molar-refractivity contribution in [1.82, 2.24) is 10.6 Å². The van der Waals surface area contributed by atoms with E-state index in [0.717, 1.165) is 22.3 Å². The molecule has 7 nitrogen and oxygen atoms in total. The first-order valence-corrected chi connectivity index (χ1v) is 12.6. The van der Waals surface area contributed by atoms with Gasteiger partial charge in [0.25, 0.3) is 0 Å². The van der Waals surface area contributed by atoms with Crippen LogP contribution in [0.2, 0.25) is 0 Å². The molecule has 0 spiro atoms. The molecule has 2 amide bonds. The molecule has 2 aromatic carbocycles. The van der Waals surface area contributed by atoms with Gasteiger partial charge < -0.3 is 20.5 Å². The molecule has 1 unspecified atom stereocenters. The van der Waals surface area contributed by atoms with Crippen molar-refractivity contribution in [1.29, 1.82) is 0 Å². The summed E-state index contributed by atoms with van der Waals surface area (Å²) in [4.78, 5) is 36.9. The quantitative estimate of drug-likeness (QED) is 0.392. The van der Waals surface area contributed by atoms with E-state index in [1.54, 1.807) is 6.08 Å². The van der Waals surface area contributed by atoms with Crippen LogP contribution in [-0.4, -0.2) is 53.8 Å². The molecule has 0 saturated carbocycles. The third-order valence-electron chi connectivity index (χ3n) is 5.84. The number of carbonyl (C=O) groups excluding carboxylic acids is 2. The Bertz CT molecular complexity index is 996. The van der Waals surface area contributed by atoms with Crippen LogP contribution >= 0.6 is 11.8 Å². The van der Waals surface area contributed by atoms with Gasteiger partial charge in [-0.3, -0.25) is 4.79 Å². The average Bonchev–Trinajstić information content (AvgIpc) is 3.16. The Labute approximate surface area is 204 Å². The molecule has 0 aliphatic heterocycles. The molecule has 0 fully saturated rings. The summed E-state index contributed by atoms with van der Waals surface area (Å²) < 4.78 is 5.54. The van der Waals surface area contributed by atoms with E-state index in [2.05, 4.69) is 29.3 Å². The Morgan fingerprint density at radius 1 is 1.03 bits per heavy atom. The number of nitrogens with one attached hydrogen (secondary N) is 2. The van der Waals surface area contributed by atoms with E-state index >= 15 is 0 Å². The number of allylic oxidation sites excluding steroid dienone is 1. The number of benzene rings is 2. The molecule has 0 saturated heterocycles. The van der Waals surface area contributed by atoms with Crippen molar-refractivity contribution < 1.29 is 24.2 Å². The van der Waals surface area contributed by atoms with Crippen molar-refractivity contribution in [3.63, 3.8) is 0 Å². The van der Waals surface area contributed by atoms with Gasteiger partial charge in [0, 0.05) is 5.92 Å². The Kier molecular flexibility index (Phi) is 9.16. The summed E-state index contributed by atoms with van der Waals surface area (Å²) in [6.07, 6.45) is 3.84. The highest BCUT2D eigenvalue weighted by Gasteiger charge is 2.30. The second-order valence-electron chi connectivity index (χ2n) is 8.07. The first-order chi connectivity index (χ1) is 16.5. The molecular weight excluding hydrogens is 452 g/mol. The van der Waals surface area contributed by atoms with Gasteiger partial charge in [0.1, 0.15) is 18.7 Å². The van der Waals surface area contributed by atoms with E-state index in [4.69, 9.17) is 4.74 Å². The van der Waals surface area contributed by atoms with Gasteiger partial charge in [-0.25, -0.2) is 9.59 Å². The van der Waals surface area contributed by atoms with Gasteiger partial charge in [-0.1, -0.05) is 54.6 Å². The minimum atomic E-state index is -1.11. The van der Waals surface area contributed by atoms with E-state index in [9.17, 15) is 19.5 Å². The molecule has 8 heteroatoms. The monoisotopic (exact) mass is 482 g/mol. The predicted octanol–water partition coefficient (Wildman–Crippen LogP) is 4.18. The number of carbonyl (C=O) groups is 3. The Balaban J connectivity index is 1.64. The molecule has 2 aromatic rings. The topological polar surface area (TPSA) is 105 Å². The highest BCUT2D eigenvalue weighted by atomic mass is 32.2. The maximum absolute atomic E-state index is 12.8. The van der Waals surface area contributed by atoms with Crippen LogP contribution in [0.25, 0.3) is 11.1 Å². The minimum absolute atomic E-state index is 0.0958. The number of hydrogen-bond donors (Lipinski definition) is 3. The highest BCUT2D eigenvalue weighted by Crippen LogP contribution is 2.44. The first-order valence-electron chi connectivity index (χ1n) is 11.2. The predicted molar refractivity (Wildman–Crippen MR) is 134 cm³/mol. The standard InChI is InChI=1S/C26H30N2O5S/c1-3-4-13-22(24(29)27-23(25(30)31)14-15-34-2)28-26(32)33-16-21-19-11-7-5-9-17(19)18-10-6-8-12-20(18)21/h3,5-12,21-23H,1,4,13-16H2,2H3,(H,27,29)(H,28,32)(H,30,31)/t22?,23-/m1/s1. The fraction of sp³-hybridized carbons (Fsp3) is 0.346. The van der Waals surface area contributed by atoms with Crippen LogP contribution in [0.15, 0.2) is 61.2 Å². The van der Waals surface area contributed by atoms with Gasteiger partial charge in [0.15, 0.2) is 0 Å². The van der Waals surface area contributed by atoms with Crippen molar-refractivity contribution in [2.24, 2.45) is 0 Å². The summed E-state index contributed by atoms with van der Waals surface area (Å²) in [5.41, 5.74) is 4.44. The summed E-state index contributed by atoms with van der Waals surface area (Å²) in [5.74, 6) is -1.16. The van der Waals surface area contributed by atoms with Crippen LogP contribution in [0.5, 0.6) is 0 Å². The Hall–Kier alpha value is -3.26. The van der Waals surface area contributed by atoms with Gasteiger partial charge in [-0.2, -0.15) is 11.8 Å². The number of carboxylic acid groups (broad SMARTS) is 1. The highest BCUT2D eigenvalue weighted by molar-refractivity contribution is 7.98. The van der Waals surface area contributed by atoms with Crippen LogP contribution in [-0.2, 0) is 14.3 Å². The lowest BCUT2D eigenvalue weighted by Gasteiger charge is -2.21. The summed E-state index contributed by atoms with van der Waals surface area (Å²) in [6, 6.07) is 14.1. The largest absolute Gasteiger partial charge is 0.480 e. The van der Waals surface area contributed by atoms with E-state index in [1.165, 1.54) is 11.8 Å². The maximum atomic E-state index is 12.8. The summed E-state index contributed by atoms with van der Waals surface area (Å²) in [5, 5.41) is 14.5. The zero-order valence-corrected chi connectivity index (χ0v) is 20.0. The molecule has 0 bridgehead atoms. The van der Waals surface area contributed by atoms with Crippen LogP contribution in [0.4, 0.5) is 4.79 Å². The van der Waals surface area contributed by atoms with E-state index in [0.29, 0.717) is 18.6 Å². The number of hydrogen-bond acceptors (Lipinski definition) is 5. The lowest BCUT2D eigenvalue weighted by molar-refractivity contribution is -0.142. The number of alkyl carbamates (subject to hydrolysis) is 1. The lowest BCUT2D eigenvalue weighted by Crippen LogP contribution is -2.51. The second kappa shape index (κ2) is 12.3. The van der Waals surface area contributed by atoms with Crippen LogP contribution < -0.4 is 10.6 Å². The van der Waals surface area contributed by atoms with Crippen LogP contribution in [0.3, 0.4) is 0 Å². The van der Waals surface area contributed by atoms with E-state index < -0.39 is 30.1 Å². The molecule has 1 aliphatic rings. The number of aliphatic carboxylic acids is 1. The molecule has 2 atom stereocenters. The number of thioether (sulfide) groups is 1. The Morgan fingerprint density at radius 2 is 1.65 bits per heavy atom. The van der Waals surface area contributed by atoms with Crippen molar-refractivity contribution in [3.05, 3.63) is 72.3 Å². The van der Waals surface area contributed by atoms with Gasteiger partial charge in [-0.15, -0.1) is 6.58 Å². The zero-order chi connectivity index (χ0) is 24.5. The van der Waals surface area contributed by atoms with E-state index in [1.807, 2.05) is 42.7 Å². The Morgan fingerprint density at radius 3 is 2.21 bits per heavy atom. The van der Waals surface area contributed by atoms with Gasteiger partial charge in [0.2, 0.25) is 5.91 Å². The molecule has 0 aromatic heterocycles. The van der Waals surface area contributed by atoms with Crippen molar-refractivity contribution in [2.45, 2.75) is 37.3 Å². The number of ether oxygens (including phenoxy) is 1. The maximum Gasteiger partial charge on any atom is 0.407 e. The molecule has 180 valence electrons. The molecule has 0 radical (unpaired) electrons. The second-order valence-corrected chi connectivity index (χ2v) is 9.05. The number of amides is 2. The third kappa shape index (κ3) is 6.20. The zero-order valence-electron chi connectivity index (χ0n) is 19.2. The van der Waals surface area contributed by atoms with Gasteiger partial charge in [0.05, 0.1) is 0 Å². The van der Waals surface area contributed by atoms with Crippen molar-refractivity contribution in [2.75, 3.05) is 18.6 Å². The van der Waals surface area contributed by atoms with E-state index in [-0.39, 0.29) is 18.9 Å². The molecule has 3 rings (SSSR count). The summed E-state index contributed by atoms with van der Waals surface area (Å²) in [6.45, 7) is 3.79. The lowest BCUT2D eigenvalue weighted by atomic mass is 9.98. The van der Waals surface area contributed by atoms with Crippen molar-refractivity contribution >= 4 is 29.7 Å². The van der Waals surface area contributed by atoms with Gasteiger partial charge in [-0.05, 0) is 53.5 Å². The molecule has 34 heavy (non-hydrogen) atoms. The number of rotatable bonds is 12. The number of fused-ring (bicyclic) bond motifs is 3. The number of carboxylic acids is 1. The first kappa shape index (κ1) is 25.4. The smallest absolute Gasteiger partial charge is 0.407 e. The van der Waals surface area contributed by atoms with Crippen LogP contribution in [0, 0.1) is 0 Å². The summed E-state index contributed by atoms with van der Waals surface area (Å²) >= 11 is 1.50. The minimum Gasteiger partial charge on any atom is -0.480 e. The normalized spacial score (nSPS) is 13.8. The third-order valence-corrected chi connectivity index (χ3v) is 6.48. The van der Waals surface area contributed by atoms with Gasteiger partial charge >= 0.3 is 12.1 Å². The molecule has 0 heterocycles. The SMILES string of the molecule is C=CCCC(NC(=O)OCC1c2ccccc2-c2ccccc21)C(=O)N[C@H](CCSC)C(=O)O. The molecule has 3 N–H and O–H groups in total. The fourth-order valence-electron chi connectivity index (χ4n) is 4.10. The molecule has 1 aliphatic carbocycles.